The smallest absolute Gasteiger partial charge is 0.248 e. The summed E-state index contributed by atoms with van der Waals surface area (Å²) < 4.78 is 6.67. The molecule has 0 radical (unpaired) electrons. The van der Waals surface area contributed by atoms with Crippen molar-refractivity contribution < 1.29 is 9.21 Å². The average Bonchev–Trinajstić information content (AvgIpc) is 3.08. The molecule has 0 saturated heterocycles. The number of hydrogen-bond donors (Lipinski definition) is 1. The van der Waals surface area contributed by atoms with Crippen LogP contribution in [0.4, 0.5) is 5.69 Å². The van der Waals surface area contributed by atoms with Crippen molar-refractivity contribution in [2.45, 2.75) is 6.92 Å². The third-order valence-corrected chi connectivity index (χ3v) is 5.17. The number of rotatable bonds is 4. The van der Waals surface area contributed by atoms with Crippen molar-refractivity contribution in [2.75, 3.05) is 5.32 Å². The van der Waals surface area contributed by atoms with Gasteiger partial charge in [-0.3, -0.25) is 4.79 Å². The van der Waals surface area contributed by atoms with Gasteiger partial charge in [0, 0.05) is 26.8 Å². The summed E-state index contributed by atoms with van der Waals surface area (Å²) in [7, 11) is 0. The predicted octanol–water partition coefficient (Wildman–Crippen LogP) is 6.98. The molecule has 3 nitrogen and oxygen atoms in total. The van der Waals surface area contributed by atoms with Gasteiger partial charge in [-0.1, -0.05) is 45.2 Å². The van der Waals surface area contributed by atoms with Gasteiger partial charge in [0.15, 0.2) is 0 Å². The van der Waals surface area contributed by atoms with E-state index < -0.39 is 0 Å². The van der Waals surface area contributed by atoms with Crippen LogP contribution in [0, 0.1) is 6.92 Å². The molecule has 1 aromatic heterocycles. The van der Waals surface area contributed by atoms with E-state index in [4.69, 9.17) is 27.6 Å². The van der Waals surface area contributed by atoms with E-state index >= 15 is 0 Å². The van der Waals surface area contributed by atoms with Gasteiger partial charge in [0.1, 0.15) is 11.5 Å². The highest BCUT2D eigenvalue weighted by Gasteiger charge is 2.09. The van der Waals surface area contributed by atoms with Crippen LogP contribution in [0.2, 0.25) is 10.0 Å². The number of amides is 1. The number of carbonyl (C=O) groups excluding carboxylic acids is 1. The van der Waals surface area contributed by atoms with Gasteiger partial charge in [0.2, 0.25) is 5.91 Å². The fraction of sp³-hybridized carbons (Fsp3) is 0.0500. The van der Waals surface area contributed by atoms with Crippen molar-refractivity contribution >= 4 is 56.8 Å². The number of benzene rings is 2. The second-order valence-corrected chi connectivity index (χ2v) is 7.26. The van der Waals surface area contributed by atoms with Crippen molar-refractivity contribution in [2.24, 2.45) is 0 Å². The maximum atomic E-state index is 12.1. The minimum atomic E-state index is -0.245. The minimum absolute atomic E-state index is 0.245. The summed E-state index contributed by atoms with van der Waals surface area (Å²) in [6, 6.07) is 14.3. The zero-order valence-electron chi connectivity index (χ0n) is 13.7. The summed E-state index contributed by atoms with van der Waals surface area (Å²) in [5.41, 5.74) is 2.41. The van der Waals surface area contributed by atoms with E-state index in [1.165, 1.54) is 6.08 Å². The number of hydrogen-bond acceptors (Lipinski definition) is 2. The van der Waals surface area contributed by atoms with Gasteiger partial charge in [-0.05, 0) is 61.0 Å². The van der Waals surface area contributed by atoms with E-state index in [2.05, 4.69) is 21.2 Å². The first-order valence-electron chi connectivity index (χ1n) is 7.73. The molecule has 132 valence electrons. The lowest BCUT2D eigenvalue weighted by Crippen LogP contribution is -2.08. The van der Waals surface area contributed by atoms with Crippen LogP contribution in [0.15, 0.2) is 63.5 Å². The van der Waals surface area contributed by atoms with Gasteiger partial charge in [0.05, 0.1) is 5.02 Å². The van der Waals surface area contributed by atoms with Crippen LogP contribution in [0.25, 0.3) is 17.4 Å². The fourth-order valence-corrected chi connectivity index (χ4v) is 3.10. The number of halogens is 3. The highest BCUT2D eigenvalue weighted by atomic mass is 79.9. The Bertz CT molecular complexity index is 995. The summed E-state index contributed by atoms with van der Waals surface area (Å²) >= 11 is 15.6. The number of furan rings is 1. The third kappa shape index (κ3) is 4.39. The molecule has 1 heterocycles. The van der Waals surface area contributed by atoms with E-state index in [9.17, 15) is 4.79 Å². The van der Waals surface area contributed by atoms with E-state index in [0.29, 0.717) is 27.1 Å². The number of anilines is 1. The molecule has 3 aromatic rings. The molecule has 0 aliphatic carbocycles. The Kier molecular flexibility index (Phi) is 5.87. The second kappa shape index (κ2) is 8.12. The molecule has 0 saturated carbocycles. The maximum absolute atomic E-state index is 12.1. The topological polar surface area (TPSA) is 42.2 Å². The van der Waals surface area contributed by atoms with Crippen LogP contribution >= 0.6 is 39.1 Å². The molecule has 0 spiro atoms. The van der Waals surface area contributed by atoms with Gasteiger partial charge in [0.25, 0.3) is 0 Å². The Labute approximate surface area is 169 Å². The SMILES string of the molecule is Cc1c(Br)cccc1NC(=O)/C=C/c1ccc(-c2cc(Cl)ccc2Cl)o1. The third-order valence-electron chi connectivity index (χ3n) is 3.75. The van der Waals surface area contributed by atoms with Gasteiger partial charge in [-0.15, -0.1) is 0 Å². The van der Waals surface area contributed by atoms with Gasteiger partial charge >= 0.3 is 0 Å². The normalized spacial score (nSPS) is 11.1. The van der Waals surface area contributed by atoms with Crippen LogP contribution in [0.5, 0.6) is 0 Å². The van der Waals surface area contributed by atoms with Gasteiger partial charge < -0.3 is 9.73 Å². The van der Waals surface area contributed by atoms with Crippen molar-refractivity contribution in [3.8, 4) is 11.3 Å². The maximum Gasteiger partial charge on any atom is 0.248 e. The molecule has 0 atom stereocenters. The Morgan fingerprint density at radius 2 is 1.96 bits per heavy atom. The fourth-order valence-electron chi connectivity index (χ4n) is 2.35. The summed E-state index contributed by atoms with van der Waals surface area (Å²) in [5, 5.41) is 3.96. The molecule has 6 heteroatoms. The van der Waals surface area contributed by atoms with Crippen LogP contribution in [0.3, 0.4) is 0 Å². The van der Waals surface area contributed by atoms with E-state index in [1.807, 2.05) is 25.1 Å². The number of carbonyl (C=O) groups is 1. The monoisotopic (exact) mass is 449 g/mol. The van der Waals surface area contributed by atoms with Crippen LogP contribution in [-0.4, -0.2) is 5.91 Å². The standard InChI is InChI=1S/C20H14BrCl2NO2/c1-12-16(21)3-2-4-18(12)24-20(25)10-7-14-6-9-19(26-14)15-11-13(22)5-8-17(15)23/h2-11H,1H3,(H,24,25)/b10-7+. The molecule has 3 rings (SSSR count). The van der Waals surface area contributed by atoms with Crippen LogP contribution in [-0.2, 0) is 4.79 Å². The van der Waals surface area contributed by atoms with E-state index in [1.54, 1.807) is 36.4 Å². The highest BCUT2D eigenvalue weighted by molar-refractivity contribution is 9.10. The molecular weight excluding hydrogens is 437 g/mol. The molecular formula is C20H14BrCl2NO2. The molecule has 26 heavy (non-hydrogen) atoms. The quantitative estimate of drug-likeness (QED) is 0.435. The van der Waals surface area contributed by atoms with E-state index in [-0.39, 0.29) is 5.91 Å². The molecule has 1 amide bonds. The molecule has 2 aromatic carbocycles. The van der Waals surface area contributed by atoms with Crippen molar-refractivity contribution in [3.05, 3.63) is 80.4 Å². The molecule has 1 N–H and O–H groups in total. The predicted molar refractivity (Wildman–Crippen MR) is 111 cm³/mol. The summed E-state index contributed by atoms with van der Waals surface area (Å²) in [5.74, 6) is 0.877. The molecule has 0 unspecified atom stereocenters. The van der Waals surface area contributed by atoms with Gasteiger partial charge in [-0.25, -0.2) is 0 Å². The first-order chi connectivity index (χ1) is 12.4. The lowest BCUT2D eigenvalue weighted by atomic mass is 10.2. The molecule has 0 fully saturated rings. The first-order valence-corrected chi connectivity index (χ1v) is 9.28. The average molecular weight is 451 g/mol. The Morgan fingerprint density at radius 3 is 2.77 bits per heavy atom. The lowest BCUT2D eigenvalue weighted by molar-refractivity contribution is -0.111. The highest BCUT2D eigenvalue weighted by Crippen LogP contribution is 2.32. The minimum Gasteiger partial charge on any atom is -0.457 e. The van der Waals surface area contributed by atoms with E-state index in [0.717, 1.165) is 15.7 Å². The summed E-state index contributed by atoms with van der Waals surface area (Å²) in [4.78, 5) is 12.1. The molecule has 0 bridgehead atoms. The summed E-state index contributed by atoms with van der Waals surface area (Å²) in [6.07, 6.45) is 3.02. The Balaban J connectivity index is 1.73. The van der Waals surface area contributed by atoms with Crippen molar-refractivity contribution in [1.29, 1.82) is 0 Å². The van der Waals surface area contributed by atoms with Crippen molar-refractivity contribution in [1.82, 2.24) is 0 Å². The van der Waals surface area contributed by atoms with Crippen LogP contribution < -0.4 is 5.32 Å². The Hall–Kier alpha value is -2.01. The lowest BCUT2D eigenvalue weighted by Gasteiger charge is -2.07. The molecule has 0 aliphatic rings. The van der Waals surface area contributed by atoms with Crippen LogP contribution in [0.1, 0.15) is 11.3 Å². The zero-order chi connectivity index (χ0) is 18.7. The molecule has 0 aliphatic heterocycles. The first kappa shape index (κ1) is 18.8. The Morgan fingerprint density at radius 1 is 1.15 bits per heavy atom. The zero-order valence-corrected chi connectivity index (χ0v) is 16.8. The van der Waals surface area contributed by atoms with Crippen molar-refractivity contribution in [3.63, 3.8) is 0 Å². The summed E-state index contributed by atoms with van der Waals surface area (Å²) in [6.45, 7) is 1.93. The second-order valence-electron chi connectivity index (χ2n) is 5.56. The van der Waals surface area contributed by atoms with Gasteiger partial charge in [-0.2, -0.15) is 0 Å². The largest absolute Gasteiger partial charge is 0.457 e. The number of nitrogens with one attached hydrogen (secondary N) is 1.